The third kappa shape index (κ3) is 3.59. The van der Waals surface area contributed by atoms with Crippen molar-refractivity contribution in [2.45, 2.75) is 13.5 Å². The van der Waals surface area contributed by atoms with Gasteiger partial charge in [0, 0.05) is 61.2 Å². The van der Waals surface area contributed by atoms with E-state index in [2.05, 4.69) is 33.9 Å². The highest BCUT2D eigenvalue weighted by molar-refractivity contribution is 7.09. The summed E-state index contributed by atoms with van der Waals surface area (Å²) in [4.78, 5) is 18.8. The van der Waals surface area contributed by atoms with Crippen LogP contribution in [0.1, 0.15) is 20.8 Å². The molecule has 26 heavy (non-hydrogen) atoms. The van der Waals surface area contributed by atoms with E-state index in [0.717, 1.165) is 44.0 Å². The summed E-state index contributed by atoms with van der Waals surface area (Å²) in [5, 5.41) is 2.12. The molecule has 0 spiro atoms. The van der Waals surface area contributed by atoms with Crippen LogP contribution in [0, 0.1) is 6.92 Å². The van der Waals surface area contributed by atoms with Crippen LogP contribution in [-0.2, 0) is 6.54 Å². The molecule has 1 fully saturated rings. The topological polar surface area (TPSA) is 28.5 Å². The van der Waals surface area contributed by atoms with Gasteiger partial charge < -0.3 is 9.47 Å². The minimum Gasteiger partial charge on any atom is -0.336 e. The maximum absolute atomic E-state index is 13.0. The fraction of sp³-hybridized carbons (Fsp3) is 0.286. The first-order valence-electron chi connectivity index (χ1n) is 8.99. The number of carbonyl (C=O) groups excluding carboxylic acids is 1. The van der Waals surface area contributed by atoms with Crippen LogP contribution < -0.4 is 0 Å². The van der Waals surface area contributed by atoms with Gasteiger partial charge in [0.2, 0.25) is 0 Å². The number of hydrogen-bond acceptors (Lipinski definition) is 3. The van der Waals surface area contributed by atoms with E-state index in [0.29, 0.717) is 0 Å². The molecule has 1 aliphatic heterocycles. The maximum Gasteiger partial charge on any atom is 0.254 e. The molecule has 2 aromatic heterocycles. The number of carbonyl (C=O) groups is 1. The molecule has 1 aromatic carbocycles. The van der Waals surface area contributed by atoms with Crippen molar-refractivity contribution in [3.05, 3.63) is 76.2 Å². The van der Waals surface area contributed by atoms with Crippen LogP contribution >= 0.6 is 11.3 Å². The molecule has 4 rings (SSSR count). The van der Waals surface area contributed by atoms with Crippen molar-refractivity contribution < 1.29 is 4.79 Å². The molecule has 0 bridgehead atoms. The lowest BCUT2D eigenvalue weighted by Gasteiger charge is -2.34. The van der Waals surface area contributed by atoms with Gasteiger partial charge in [0.25, 0.3) is 5.91 Å². The number of aromatic nitrogens is 1. The van der Waals surface area contributed by atoms with Gasteiger partial charge >= 0.3 is 0 Å². The van der Waals surface area contributed by atoms with Crippen LogP contribution in [0.3, 0.4) is 0 Å². The van der Waals surface area contributed by atoms with E-state index in [1.54, 1.807) is 11.3 Å². The second-order valence-corrected chi connectivity index (χ2v) is 7.77. The standard InChI is InChI=1S/C21H23N3OS/c1-17-6-7-18(15-20(17)23-8-2-3-9-23)21(25)24-12-10-22(11-13-24)16-19-5-4-14-26-19/h2-9,14-15H,10-13,16H2,1H3. The third-order valence-electron chi connectivity index (χ3n) is 4.96. The van der Waals surface area contributed by atoms with Crippen LogP contribution in [0.15, 0.2) is 60.2 Å². The average molecular weight is 366 g/mol. The van der Waals surface area contributed by atoms with Crippen molar-refractivity contribution in [1.29, 1.82) is 0 Å². The highest BCUT2D eigenvalue weighted by Gasteiger charge is 2.22. The Morgan fingerprint density at radius 2 is 1.81 bits per heavy atom. The summed E-state index contributed by atoms with van der Waals surface area (Å²) >= 11 is 1.80. The summed E-state index contributed by atoms with van der Waals surface area (Å²) in [5.41, 5.74) is 3.00. The molecule has 0 N–H and O–H groups in total. The molecule has 3 heterocycles. The van der Waals surface area contributed by atoms with E-state index in [1.165, 1.54) is 10.4 Å². The summed E-state index contributed by atoms with van der Waals surface area (Å²) in [5.74, 6) is 0.133. The number of piperazine rings is 1. The van der Waals surface area contributed by atoms with Crippen LogP contribution in [0.25, 0.3) is 5.69 Å². The van der Waals surface area contributed by atoms with Gasteiger partial charge in [-0.3, -0.25) is 9.69 Å². The Morgan fingerprint density at radius 3 is 2.50 bits per heavy atom. The lowest BCUT2D eigenvalue weighted by atomic mass is 10.1. The van der Waals surface area contributed by atoms with Crippen LogP contribution in [0.4, 0.5) is 0 Å². The summed E-state index contributed by atoms with van der Waals surface area (Å²) in [7, 11) is 0. The molecule has 3 aromatic rings. The van der Waals surface area contributed by atoms with E-state index in [4.69, 9.17) is 0 Å². The van der Waals surface area contributed by atoms with Crippen molar-refractivity contribution in [2.24, 2.45) is 0 Å². The van der Waals surface area contributed by atoms with Gasteiger partial charge in [-0.15, -0.1) is 11.3 Å². The number of aryl methyl sites for hydroxylation is 1. The SMILES string of the molecule is Cc1ccc(C(=O)N2CCN(Cc3cccs3)CC2)cc1-n1cccc1. The van der Waals surface area contributed by atoms with Crippen molar-refractivity contribution in [1.82, 2.24) is 14.4 Å². The van der Waals surface area contributed by atoms with Crippen LogP contribution in [-0.4, -0.2) is 46.5 Å². The van der Waals surface area contributed by atoms with Gasteiger partial charge in [0.1, 0.15) is 0 Å². The zero-order valence-electron chi connectivity index (χ0n) is 15.0. The Morgan fingerprint density at radius 1 is 1.04 bits per heavy atom. The van der Waals surface area contributed by atoms with E-state index in [9.17, 15) is 4.79 Å². The minimum atomic E-state index is 0.133. The zero-order chi connectivity index (χ0) is 17.9. The number of hydrogen-bond donors (Lipinski definition) is 0. The normalized spacial score (nSPS) is 15.3. The molecular formula is C21H23N3OS. The highest BCUT2D eigenvalue weighted by Crippen LogP contribution is 2.19. The Kier molecular flexibility index (Phi) is 4.91. The first kappa shape index (κ1) is 17.1. The molecule has 0 atom stereocenters. The fourth-order valence-electron chi connectivity index (χ4n) is 3.43. The van der Waals surface area contributed by atoms with Gasteiger partial charge in [-0.1, -0.05) is 12.1 Å². The summed E-state index contributed by atoms with van der Waals surface area (Å²) in [6, 6.07) is 14.3. The van der Waals surface area contributed by atoms with Crippen LogP contribution in [0.5, 0.6) is 0 Å². The summed E-state index contributed by atoms with van der Waals surface area (Å²) < 4.78 is 2.06. The fourth-order valence-corrected chi connectivity index (χ4v) is 4.18. The van der Waals surface area contributed by atoms with Crippen molar-refractivity contribution in [3.8, 4) is 5.69 Å². The Bertz CT molecular complexity index is 863. The molecule has 1 aliphatic rings. The highest BCUT2D eigenvalue weighted by atomic mass is 32.1. The number of amides is 1. The van der Waals surface area contributed by atoms with Crippen molar-refractivity contribution >= 4 is 17.2 Å². The van der Waals surface area contributed by atoms with Gasteiger partial charge in [0.05, 0.1) is 0 Å². The molecule has 5 heteroatoms. The molecule has 1 amide bonds. The van der Waals surface area contributed by atoms with Gasteiger partial charge in [-0.25, -0.2) is 0 Å². The molecule has 1 saturated heterocycles. The molecule has 0 aliphatic carbocycles. The molecule has 0 unspecified atom stereocenters. The Hall–Kier alpha value is -2.37. The number of rotatable bonds is 4. The largest absolute Gasteiger partial charge is 0.336 e. The first-order chi connectivity index (χ1) is 12.7. The van der Waals surface area contributed by atoms with E-state index >= 15 is 0 Å². The number of benzene rings is 1. The Balaban J connectivity index is 1.43. The predicted molar refractivity (Wildman–Crippen MR) is 106 cm³/mol. The maximum atomic E-state index is 13.0. The van der Waals surface area contributed by atoms with Crippen molar-refractivity contribution in [2.75, 3.05) is 26.2 Å². The summed E-state index contributed by atoms with van der Waals surface area (Å²) in [6.45, 7) is 6.50. The average Bonchev–Trinajstić information content (AvgIpc) is 3.36. The monoisotopic (exact) mass is 365 g/mol. The minimum absolute atomic E-state index is 0.133. The Labute approximate surface area is 158 Å². The zero-order valence-corrected chi connectivity index (χ0v) is 15.8. The molecule has 4 nitrogen and oxygen atoms in total. The van der Waals surface area contributed by atoms with E-state index in [-0.39, 0.29) is 5.91 Å². The third-order valence-corrected chi connectivity index (χ3v) is 5.82. The van der Waals surface area contributed by atoms with E-state index < -0.39 is 0 Å². The van der Waals surface area contributed by atoms with Gasteiger partial charge in [-0.05, 0) is 48.2 Å². The molecular weight excluding hydrogens is 342 g/mol. The number of thiophene rings is 1. The smallest absolute Gasteiger partial charge is 0.254 e. The second-order valence-electron chi connectivity index (χ2n) is 6.74. The molecule has 0 saturated carbocycles. The summed E-state index contributed by atoms with van der Waals surface area (Å²) in [6.07, 6.45) is 4.03. The molecule has 0 radical (unpaired) electrons. The van der Waals surface area contributed by atoms with Gasteiger partial charge in [0.15, 0.2) is 0 Å². The van der Waals surface area contributed by atoms with Crippen molar-refractivity contribution in [3.63, 3.8) is 0 Å². The lowest BCUT2D eigenvalue weighted by molar-refractivity contribution is 0.0629. The molecule has 134 valence electrons. The second kappa shape index (κ2) is 7.48. The quantitative estimate of drug-likeness (QED) is 0.703. The van der Waals surface area contributed by atoms with E-state index in [1.807, 2.05) is 47.6 Å². The first-order valence-corrected chi connectivity index (χ1v) is 9.87. The predicted octanol–water partition coefficient (Wildman–Crippen LogP) is 3.81. The lowest BCUT2D eigenvalue weighted by Crippen LogP contribution is -2.48. The van der Waals surface area contributed by atoms with Gasteiger partial charge in [-0.2, -0.15) is 0 Å². The number of nitrogens with zero attached hydrogens (tertiary/aromatic N) is 3. The van der Waals surface area contributed by atoms with Crippen LogP contribution in [0.2, 0.25) is 0 Å².